The minimum atomic E-state index is 0.286. The van der Waals surface area contributed by atoms with E-state index in [-0.39, 0.29) is 6.04 Å². The van der Waals surface area contributed by atoms with Gasteiger partial charge in [-0.1, -0.05) is 0 Å². The minimum absolute atomic E-state index is 0.286. The molecule has 1 aliphatic rings. The van der Waals surface area contributed by atoms with E-state index < -0.39 is 0 Å². The second-order valence-corrected chi connectivity index (χ2v) is 3.10. The summed E-state index contributed by atoms with van der Waals surface area (Å²) in [4.78, 5) is 4.26. The average Bonchev–Trinajstić information content (AvgIpc) is 2.83. The lowest BCUT2D eigenvalue weighted by molar-refractivity contribution is 0.406. The highest BCUT2D eigenvalue weighted by molar-refractivity contribution is 5.34. The summed E-state index contributed by atoms with van der Waals surface area (Å²) in [6.07, 6.45) is 2.82. The molecule has 3 heteroatoms. The zero-order valence-electron chi connectivity index (χ0n) is 7.03. The largest absolute Gasteiger partial charge is 0.495 e. The molecule has 0 spiro atoms. The van der Waals surface area contributed by atoms with Crippen LogP contribution in [0.5, 0.6) is 5.75 Å². The van der Waals surface area contributed by atoms with Crippen LogP contribution in [0.25, 0.3) is 0 Å². The van der Waals surface area contributed by atoms with Gasteiger partial charge in [0, 0.05) is 18.2 Å². The standard InChI is InChI=1S/C9H12N2O/c1-12-8-3-2-4-11-9(8)6-5-7(6)10/h2-4,6-7H,5,10H2,1H3/t6-,7-/m1/s1. The molecule has 1 aromatic heterocycles. The van der Waals surface area contributed by atoms with Gasteiger partial charge in [0.15, 0.2) is 0 Å². The van der Waals surface area contributed by atoms with Crippen molar-refractivity contribution in [2.24, 2.45) is 5.73 Å². The molecule has 2 N–H and O–H groups in total. The van der Waals surface area contributed by atoms with Crippen LogP contribution in [0, 0.1) is 0 Å². The SMILES string of the molecule is COc1cccnc1[C@@H]1C[C@H]1N. The fourth-order valence-electron chi connectivity index (χ4n) is 1.38. The molecule has 3 nitrogen and oxygen atoms in total. The first-order valence-corrected chi connectivity index (χ1v) is 4.07. The second-order valence-electron chi connectivity index (χ2n) is 3.10. The quantitative estimate of drug-likeness (QED) is 0.706. The van der Waals surface area contributed by atoms with Crippen LogP contribution in [-0.4, -0.2) is 18.1 Å². The maximum absolute atomic E-state index is 5.73. The van der Waals surface area contributed by atoms with Crippen LogP contribution >= 0.6 is 0 Å². The summed E-state index contributed by atoms with van der Waals surface area (Å²) in [6, 6.07) is 4.08. The van der Waals surface area contributed by atoms with Crippen LogP contribution in [0.2, 0.25) is 0 Å². The average molecular weight is 164 g/mol. The smallest absolute Gasteiger partial charge is 0.140 e. The Morgan fingerprint density at radius 1 is 1.67 bits per heavy atom. The molecule has 1 aromatic rings. The monoisotopic (exact) mass is 164 g/mol. The molecule has 64 valence electrons. The number of ether oxygens (including phenoxy) is 1. The highest BCUT2D eigenvalue weighted by Crippen LogP contribution is 2.41. The van der Waals surface area contributed by atoms with Gasteiger partial charge in [0.05, 0.1) is 12.8 Å². The maximum atomic E-state index is 5.73. The Kier molecular flexibility index (Phi) is 1.73. The van der Waals surface area contributed by atoms with Gasteiger partial charge in [-0.25, -0.2) is 0 Å². The molecule has 0 aliphatic heterocycles. The second kappa shape index (κ2) is 2.75. The molecule has 0 amide bonds. The predicted octanol–water partition coefficient (Wildman–Crippen LogP) is 0.905. The molecule has 2 rings (SSSR count). The number of nitrogens with zero attached hydrogens (tertiary/aromatic N) is 1. The molecule has 0 saturated heterocycles. The highest BCUT2D eigenvalue weighted by atomic mass is 16.5. The minimum Gasteiger partial charge on any atom is -0.495 e. The molecule has 1 heterocycles. The van der Waals surface area contributed by atoms with Crippen molar-refractivity contribution in [2.75, 3.05) is 7.11 Å². The van der Waals surface area contributed by atoms with E-state index in [2.05, 4.69) is 4.98 Å². The Labute approximate surface area is 71.6 Å². The summed E-state index contributed by atoms with van der Waals surface area (Å²) in [5, 5.41) is 0. The Morgan fingerprint density at radius 2 is 2.42 bits per heavy atom. The topological polar surface area (TPSA) is 48.1 Å². The third-order valence-electron chi connectivity index (χ3n) is 2.21. The predicted molar refractivity (Wildman–Crippen MR) is 46.1 cm³/mol. The van der Waals surface area contributed by atoms with Crippen molar-refractivity contribution in [2.45, 2.75) is 18.4 Å². The number of methoxy groups -OCH3 is 1. The third kappa shape index (κ3) is 1.16. The number of aromatic nitrogens is 1. The van der Waals surface area contributed by atoms with Gasteiger partial charge in [-0.2, -0.15) is 0 Å². The maximum Gasteiger partial charge on any atom is 0.140 e. The van der Waals surface area contributed by atoms with Gasteiger partial charge in [-0.15, -0.1) is 0 Å². The van der Waals surface area contributed by atoms with Crippen molar-refractivity contribution in [3.8, 4) is 5.75 Å². The molecule has 0 aromatic carbocycles. The van der Waals surface area contributed by atoms with Gasteiger partial charge < -0.3 is 10.5 Å². The summed E-state index contributed by atoms with van der Waals surface area (Å²) in [5.74, 6) is 1.27. The molecule has 0 bridgehead atoms. The molecular formula is C9H12N2O. The number of nitrogens with two attached hydrogens (primary N) is 1. The fraction of sp³-hybridized carbons (Fsp3) is 0.444. The van der Waals surface area contributed by atoms with Gasteiger partial charge in [0.2, 0.25) is 0 Å². The van der Waals surface area contributed by atoms with Crippen molar-refractivity contribution in [1.29, 1.82) is 0 Å². The van der Waals surface area contributed by atoms with Crippen LogP contribution in [0.4, 0.5) is 0 Å². The van der Waals surface area contributed by atoms with Crippen LogP contribution in [0.1, 0.15) is 18.0 Å². The normalized spacial score (nSPS) is 26.8. The van der Waals surface area contributed by atoms with E-state index in [0.29, 0.717) is 5.92 Å². The van der Waals surface area contributed by atoms with Gasteiger partial charge in [-0.05, 0) is 18.6 Å². The number of hydrogen-bond acceptors (Lipinski definition) is 3. The fourth-order valence-corrected chi connectivity index (χ4v) is 1.38. The van der Waals surface area contributed by atoms with Gasteiger partial charge in [0.25, 0.3) is 0 Å². The lowest BCUT2D eigenvalue weighted by Gasteiger charge is -2.04. The highest BCUT2D eigenvalue weighted by Gasteiger charge is 2.37. The number of hydrogen-bond donors (Lipinski definition) is 1. The first kappa shape index (κ1) is 7.55. The molecule has 0 unspecified atom stereocenters. The number of rotatable bonds is 2. The van der Waals surface area contributed by atoms with Gasteiger partial charge >= 0.3 is 0 Å². The van der Waals surface area contributed by atoms with Crippen molar-refractivity contribution < 1.29 is 4.74 Å². The summed E-state index contributed by atoms with van der Waals surface area (Å²) in [6.45, 7) is 0. The Hall–Kier alpha value is -1.09. The van der Waals surface area contributed by atoms with E-state index >= 15 is 0 Å². The summed E-state index contributed by atoms with van der Waals surface area (Å²) in [5.41, 5.74) is 6.73. The molecule has 1 aliphatic carbocycles. The van der Waals surface area contributed by atoms with E-state index in [9.17, 15) is 0 Å². The van der Waals surface area contributed by atoms with Crippen molar-refractivity contribution in [3.63, 3.8) is 0 Å². The molecule has 0 radical (unpaired) electrons. The lowest BCUT2D eigenvalue weighted by atomic mass is 10.2. The molecule has 1 saturated carbocycles. The van der Waals surface area contributed by atoms with Crippen molar-refractivity contribution in [1.82, 2.24) is 4.98 Å². The molecule has 2 atom stereocenters. The van der Waals surface area contributed by atoms with Crippen molar-refractivity contribution in [3.05, 3.63) is 24.0 Å². The van der Waals surface area contributed by atoms with E-state index in [1.165, 1.54) is 0 Å². The third-order valence-corrected chi connectivity index (χ3v) is 2.21. The summed E-state index contributed by atoms with van der Waals surface area (Å²) < 4.78 is 5.18. The molecule has 1 fully saturated rings. The van der Waals surface area contributed by atoms with Crippen LogP contribution < -0.4 is 10.5 Å². The lowest BCUT2D eigenvalue weighted by Crippen LogP contribution is -2.03. The molecular weight excluding hydrogens is 152 g/mol. The summed E-state index contributed by atoms with van der Waals surface area (Å²) in [7, 11) is 1.66. The van der Waals surface area contributed by atoms with Crippen LogP contribution in [0.15, 0.2) is 18.3 Å². The Morgan fingerprint density at radius 3 is 3.00 bits per heavy atom. The first-order chi connectivity index (χ1) is 5.83. The van der Waals surface area contributed by atoms with Crippen molar-refractivity contribution >= 4 is 0 Å². The zero-order valence-corrected chi connectivity index (χ0v) is 7.03. The first-order valence-electron chi connectivity index (χ1n) is 4.07. The Bertz CT molecular complexity index is 288. The van der Waals surface area contributed by atoms with E-state index in [4.69, 9.17) is 10.5 Å². The van der Waals surface area contributed by atoms with E-state index in [1.807, 2.05) is 12.1 Å². The number of pyridine rings is 1. The zero-order chi connectivity index (χ0) is 8.55. The van der Waals surface area contributed by atoms with Gasteiger partial charge in [0.1, 0.15) is 5.75 Å². The van der Waals surface area contributed by atoms with Crippen LogP contribution in [-0.2, 0) is 0 Å². The van der Waals surface area contributed by atoms with Crippen LogP contribution in [0.3, 0.4) is 0 Å². The van der Waals surface area contributed by atoms with E-state index in [0.717, 1.165) is 17.9 Å². The molecule has 12 heavy (non-hydrogen) atoms. The van der Waals surface area contributed by atoms with E-state index in [1.54, 1.807) is 13.3 Å². The Balaban J connectivity index is 2.29. The van der Waals surface area contributed by atoms with Gasteiger partial charge in [-0.3, -0.25) is 4.98 Å². The summed E-state index contributed by atoms with van der Waals surface area (Å²) >= 11 is 0.